The number of hydrogen-bond donors (Lipinski definition) is 2. The number of amides is 2. The predicted octanol–water partition coefficient (Wildman–Crippen LogP) is 6.17. The summed E-state index contributed by atoms with van der Waals surface area (Å²) in [5.74, 6) is 0.0619. The topological polar surface area (TPSA) is 100 Å². The maximum atomic E-state index is 12.7. The van der Waals surface area contributed by atoms with Crippen molar-refractivity contribution in [3.8, 4) is 17.6 Å². The quantitative estimate of drug-likeness (QED) is 0.226. The molecule has 0 bridgehead atoms. The fourth-order valence-electron chi connectivity index (χ4n) is 3.00. The molecule has 178 valence electrons. The standard InChI is InChI=1S/C26H21Br2N3O4/c1-2-34-22-10-8-21(9-11-22)31-26(33)18(15-29)12-17-13-19(27)14-23(28)25(17)35-16-24(32)30-20-6-4-3-5-7-20/h3-14H,2,16H2,1H3,(H,30,32)(H,31,33)/b18-12+. The number of nitriles is 1. The lowest BCUT2D eigenvalue weighted by molar-refractivity contribution is -0.118. The molecule has 0 aliphatic heterocycles. The second kappa shape index (κ2) is 12.7. The van der Waals surface area contributed by atoms with Crippen molar-refractivity contribution in [3.63, 3.8) is 0 Å². The number of benzene rings is 3. The van der Waals surface area contributed by atoms with Gasteiger partial charge in [-0.3, -0.25) is 9.59 Å². The van der Waals surface area contributed by atoms with Gasteiger partial charge >= 0.3 is 0 Å². The summed E-state index contributed by atoms with van der Waals surface area (Å²) >= 11 is 6.83. The van der Waals surface area contributed by atoms with Gasteiger partial charge in [-0.15, -0.1) is 0 Å². The minimum absolute atomic E-state index is 0.137. The molecule has 0 aliphatic carbocycles. The van der Waals surface area contributed by atoms with Gasteiger partial charge in [-0.1, -0.05) is 34.1 Å². The fourth-order valence-corrected chi connectivity index (χ4v) is 4.37. The van der Waals surface area contributed by atoms with E-state index in [4.69, 9.17) is 9.47 Å². The van der Waals surface area contributed by atoms with Gasteiger partial charge in [-0.05, 0) is 77.5 Å². The van der Waals surface area contributed by atoms with Gasteiger partial charge < -0.3 is 20.1 Å². The number of ether oxygens (including phenoxy) is 2. The summed E-state index contributed by atoms with van der Waals surface area (Å²) in [5.41, 5.74) is 1.47. The van der Waals surface area contributed by atoms with E-state index in [1.165, 1.54) is 6.08 Å². The average molecular weight is 599 g/mol. The molecule has 0 unspecified atom stereocenters. The van der Waals surface area contributed by atoms with Crippen molar-refractivity contribution in [1.29, 1.82) is 5.26 Å². The highest BCUT2D eigenvalue weighted by Gasteiger charge is 2.15. The number of nitrogens with one attached hydrogen (secondary N) is 2. The molecule has 3 rings (SSSR count). The molecule has 0 heterocycles. The lowest BCUT2D eigenvalue weighted by atomic mass is 10.1. The third-order valence-electron chi connectivity index (χ3n) is 4.53. The number of carbonyl (C=O) groups is 2. The monoisotopic (exact) mass is 597 g/mol. The average Bonchev–Trinajstić information content (AvgIpc) is 2.83. The summed E-state index contributed by atoms with van der Waals surface area (Å²) in [5, 5.41) is 15.1. The molecule has 0 radical (unpaired) electrons. The Bertz CT molecular complexity index is 1270. The molecular formula is C26H21Br2N3O4. The normalized spacial score (nSPS) is 10.7. The zero-order valence-electron chi connectivity index (χ0n) is 18.7. The second-order valence-corrected chi connectivity index (χ2v) is 8.86. The van der Waals surface area contributed by atoms with Gasteiger partial charge in [0.25, 0.3) is 11.8 Å². The Morgan fingerprint density at radius 1 is 0.971 bits per heavy atom. The Hall–Kier alpha value is -3.61. The smallest absolute Gasteiger partial charge is 0.266 e. The van der Waals surface area contributed by atoms with Gasteiger partial charge in [0.15, 0.2) is 6.61 Å². The molecule has 7 nitrogen and oxygen atoms in total. The summed E-state index contributed by atoms with van der Waals surface area (Å²) < 4.78 is 12.4. The van der Waals surface area contributed by atoms with Gasteiger partial charge in [0, 0.05) is 21.4 Å². The van der Waals surface area contributed by atoms with Crippen molar-refractivity contribution in [2.45, 2.75) is 6.92 Å². The molecule has 0 fully saturated rings. The largest absolute Gasteiger partial charge is 0.494 e. The van der Waals surface area contributed by atoms with Gasteiger partial charge in [-0.2, -0.15) is 5.26 Å². The summed E-state index contributed by atoms with van der Waals surface area (Å²) in [6.45, 7) is 2.15. The molecule has 0 spiro atoms. The molecule has 9 heteroatoms. The zero-order chi connectivity index (χ0) is 25.2. The van der Waals surface area contributed by atoms with Crippen LogP contribution in [0, 0.1) is 11.3 Å². The minimum atomic E-state index is -0.583. The van der Waals surface area contributed by atoms with Crippen molar-refractivity contribution >= 4 is 61.1 Å². The van der Waals surface area contributed by atoms with Crippen LogP contribution in [0.2, 0.25) is 0 Å². The van der Waals surface area contributed by atoms with E-state index in [0.717, 1.165) is 0 Å². The number of nitrogens with zero attached hydrogens (tertiary/aromatic N) is 1. The summed E-state index contributed by atoms with van der Waals surface area (Å²) in [6, 6.07) is 21.2. The number of para-hydroxylation sites is 1. The Labute approximate surface area is 220 Å². The van der Waals surface area contributed by atoms with E-state index in [1.807, 2.05) is 31.2 Å². The third kappa shape index (κ3) is 7.70. The van der Waals surface area contributed by atoms with E-state index in [1.54, 1.807) is 48.5 Å². The molecule has 2 amide bonds. The third-order valence-corrected chi connectivity index (χ3v) is 5.58. The number of rotatable bonds is 9. The lowest BCUT2D eigenvalue weighted by Crippen LogP contribution is -2.20. The number of anilines is 2. The molecule has 0 saturated heterocycles. The van der Waals surface area contributed by atoms with Gasteiger partial charge in [0.05, 0.1) is 11.1 Å². The molecule has 0 atom stereocenters. The molecular weight excluding hydrogens is 578 g/mol. The molecule has 0 aliphatic rings. The predicted molar refractivity (Wildman–Crippen MR) is 142 cm³/mol. The molecule has 3 aromatic rings. The first kappa shape index (κ1) is 26.0. The van der Waals surface area contributed by atoms with Gasteiger partial charge in [0.1, 0.15) is 23.1 Å². The first-order valence-electron chi connectivity index (χ1n) is 10.5. The van der Waals surface area contributed by atoms with Crippen molar-refractivity contribution in [1.82, 2.24) is 0 Å². The van der Waals surface area contributed by atoms with E-state index in [2.05, 4.69) is 42.5 Å². The van der Waals surface area contributed by atoms with E-state index in [0.29, 0.717) is 44.0 Å². The molecule has 2 N–H and O–H groups in total. The molecule has 0 aromatic heterocycles. The van der Waals surface area contributed by atoms with E-state index >= 15 is 0 Å². The van der Waals surface area contributed by atoms with E-state index in [-0.39, 0.29) is 18.1 Å². The van der Waals surface area contributed by atoms with Crippen LogP contribution in [0.25, 0.3) is 6.08 Å². The van der Waals surface area contributed by atoms with Crippen LogP contribution in [0.15, 0.2) is 81.2 Å². The van der Waals surface area contributed by atoms with Crippen molar-refractivity contribution in [2.75, 3.05) is 23.8 Å². The van der Waals surface area contributed by atoms with Crippen molar-refractivity contribution in [2.24, 2.45) is 0 Å². The van der Waals surface area contributed by atoms with E-state index < -0.39 is 5.91 Å². The highest BCUT2D eigenvalue weighted by molar-refractivity contribution is 9.11. The number of hydrogen-bond acceptors (Lipinski definition) is 5. The van der Waals surface area contributed by atoms with Crippen molar-refractivity contribution < 1.29 is 19.1 Å². The lowest BCUT2D eigenvalue weighted by Gasteiger charge is -2.13. The van der Waals surface area contributed by atoms with Crippen LogP contribution in [0.1, 0.15) is 12.5 Å². The van der Waals surface area contributed by atoms with Crippen LogP contribution in [0.5, 0.6) is 11.5 Å². The Morgan fingerprint density at radius 2 is 1.66 bits per heavy atom. The maximum Gasteiger partial charge on any atom is 0.266 e. The summed E-state index contributed by atoms with van der Waals surface area (Å²) in [4.78, 5) is 25.1. The summed E-state index contributed by atoms with van der Waals surface area (Å²) in [7, 11) is 0. The van der Waals surface area contributed by atoms with Crippen LogP contribution in [0.4, 0.5) is 11.4 Å². The van der Waals surface area contributed by atoms with Crippen LogP contribution >= 0.6 is 31.9 Å². The summed E-state index contributed by atoms with van der Waals surface area (Å²) in [6.07, 6.45) is 1.41. The van der Waals surface area contributed by atoms with Crippen LogP contribution in [-0.2, 0) is 9.59 Å². The zero-order valence-corrected chi connectivity index (χ0v) is 21.9. The highest BCUT2D eigenvalue weighted by atomic mass is 79.9. The minimum Gasteiger partial charge on any atom is -0.494 e. The maximum absolute atomic E-state index is 12.7. The Morgan fingerprint density at radius 3 is 2.31 bits per heavy atom. The fraction of sp³-hybridized carbons (Fsp3) is 0.115. The van der Waals surface area contributed by atoms with Gasteiger partial charge in [0.2, 0.25) is 0 Å². The number of halogens is 2. The highest BCUT2D eigenvalue weighted by Crippen LogP contribution is 2.34. The van der Waals surface area contributed by atoms with Gasteiger partial charge in [-0.25, -0.2) is 0 Å². The Kier molecular flexibility index (Phi) is 9.47. The first-order chi connectivity index (χ1) is 16.9. The molecule has 35 heavy (non-hydrogen) atoms. The Balaban J connectivity index is 1.77. The van der Waals surface area contributed by atoms with Crippen molar-refractivity contribution in [3.05, 3.63) is 86.8 Å². The van der Waals surface area contributed by atoms with Crippen LogP contribution in [0.3, 0.4) is 0 Å². The molecule has 0 saturated carbocycles. The first-order valence-corrected chi connectivity index (χ1v) is 12.1. The van der Waals surface area contributed by atoms with Crippen LogP contribution in [-0.4, -0.2) is 25.0 Å². The SMILES string of the molecule is CCOc1ccc(NC(=O)/C(C#N)=C/c2cc(Br)cc(Br)c2OCC(=O)Nc2ccccc2)cc1. The molecule has 3 aromatic carbocycles. The van der Waals surface area contributed by atoms with E-state index in [9.17, 15) is 14.9 Å². The number of carbonyl (C=O) groups excluding carboxylic acids is 2. The van der Waals surface area contributed by atoms with Crippen LogP contribution < -0.4 is 20.1 Å². The second-order valence-electron chi connectivity index (χ2n) is 7.09.